The van der Waals surface area contributed by atoms with Crippen LogP contribution in [0.3, 0.4) is 0 Å². The molecule has 1 aromatic carbocycles. The van der Waals surface area contributed by atoms with Gasteiger partial charge in [0.25, 0.3) is 5.91 Å². The quantitative estimate of drug-likeness (QED) is 0.868. The van der Waals surface area contributed by atoms with E-state index in [-0.39, 0.29) is 5.91 Å². The van der Waals surface area contributed by atoms with Gasteiger partial charge < -0.3 is 10.1 Å². The molecule has 2 aromatic rings. The van der Waals surface area contributed by atoms with Gasteiger partial charge in [-0.05, 0) is 38.0 Å². The highest BCUT2D eigenvalue weighted by Gasteiger charge is 2.23. The third-order valence-electron chi connectivity index (χ3n) is 3.49. The second-order valence-corrected chi connectivity index (χ2v) is 6.23. The molecule has 2 rings (SSSR count). The van der Waals surface area contributed by atoms with E-state index in [2.05, 4.69) is 5.32 Å². The van der Waals surface area contributed by atoms with Crippen LogP contribution in [0, 0.1) is 13.8 Å². The molecule has 22 heavy (non-hydrogen) atoms. The summed E-state index contributed by atoms with van der Waals surface area (Å²) in [7, 11) is 1.35. The maximum atomic E-state index is 12.3. The van der Waals surface area contributed by atoms with Crippen molar-refractivity contribution in [2.75, 3.05) is 12.4 Å². The van der Waals surface area contributed by atoms with E-state index >= 15 is 0 Å². The second kappa shape index (κ2) is 6.75. The molecule has 5 heteroatoms. The fourth-order valence-electron chi connectivity index (χ4n) is 2.29. The summed E-state index contributed by atoms with van der Waals surface area (Å²) in [6.07, 6.45) is 0.715. The monoisotopic (exact) mass is 317 g/mol. The van der Waals surface area contributed by atoms with Gasteiger partial charge in [0, 0.05) is 10.4 Å². The van der Waals surface area contributed by atoms with E-state index in [0.717, 1.165) is 16.0 Å². The zero-order chi connectivity index (χ0) is 16.3. The van der Waals surface area contributed by atoms with E-state index < -0.39 is 5.97 Å². The molecule has 0 aliphatic rings. The Kier molecular flexibility index (Phi) is 4.98. The third-order valence-corrected chi connectivity index (χ3v) is 4.56. The number of benzene rings is 1. The molecule has 116 valence electrons. The van der Waals surface area contributed by atoms with Crippen molar-refractivity contribution >= 4 is 28.2 Å². The van der Waals surface area contributed by atoms with Gasteiger partial charge in [0.2, 0.25) is 0 Å². The Morgan fingerprint density at radius 2 is 1.82 bits per heavy atom. The molecule has 0 aliphatic heterocycles. The summed E-state index contributed by atoms with van der Waals surface area (Å²) >= 11 is 1.40. The summed E-state index contributed by atoms with van der Waals surface area (Å²) in [5.74, 6) is -0.644. The molecule has 0 atom stereocenters. The van der Waals surface area contributed by atoms with Gasteiger partial charge in [-0.15, -0.1) is 11.3 Å². The number of amides is 1. The number of aryl methyl sites for hydroxylation is 2. The number of ether oxygens (including phenoxy) is 1. The van der Waals surface area contributed by atoms with Crippen LogP contribution in [0.15, 0.2) is 24.3 Å². The number of thiophene rings is 1. The Hall–Kier alpha value is -2.14. The fourth-order valence-corrected chi connectivity index (χ4v) is 3.42. The average Bonchev–Trinajstić information content (AvgIpc) is 2.82. The normalized spacial score (nSPS) is 10.4. The lowest BCUT2D eigenvalue weighted by molar-refractivity contribution is 0.0601. The Labute approximate surface area is 134 Å². The van der Waals surface area contributed by atoms with Crippen LogP contribution in [0.1, 0.15) is 43.6 Å². The molecule has 0 bridgehead atoms. The average molecular weight is 317 g/mol. The minimum absolute atomic E-state index is 0.228. The number of carbonyl (C=O) groups excluding carboxylic acids is 2. The largest absolute Gasteiger partial charge is 0.465 e. The van der Waals surface area contributed by atoms with E-state index in [0.29, 0.717) is 22.5 Å². The van der Waals surface area contributed by atoms with Gasteiger partial charge in [0.1, 0.15) is 5.00 Å². The van der Waals surface area contributed by atoms with Crippen molar-refractivity contribution in [3.05, 3.63) is 51.4 Å². The van der Waals surface area contributed by atoms with Gasteiger partial charge in [-0.1, -0.05) is 24.6 Å². The topological polar surface area (TPSA) is 55.4 Å². The van der Waals surface area contributed by atoms with E-state index in [9.17, 15) is 9.59 Å². The number of carbonyl (C=O) groups is 2. The third kappa shape index (κ3) is 3.20. The van der Waals surface area contributed by atoms with Crippen molar-refractivity contribution in [3.8, 4) is 0 Å². The predicted molar refractivity (Wildman–Crippen MR) is 88.9 cm³/mol. The summed E-state index contributed by atoms with van der Waals surface area (Å²) in [4.78, 5) is 25.4. The minimum Gasteiger partial charge on any atom is -0.465 e. The first kappa shape index (κ1) is 16.2. The Morgan fingerprint density at radius 1 is 1.18 bits per heavy atom. The van der Waals surface area contributed by atoms with Gasteiger partial charge in [-0.2, -0.15) is 0 Å². The van der Waals surface area contributed by atoms with Gasteiger partial charge in [0.05, 0.1) is 12.7 Å². The molecule has 0 unspecified atom stereocenters. The van der Waals surface area contributed by atoms with Gasteiger partial charge in [0.15, 0.2) is 0 Å². The van der Waals surface area contributed by atoms with Crippen molar-refractivity contribution in [2.24, 2.45) is 0 Å². The smallest absolute Gasteiger partial charge is 0.341 e. The number of methoxy groups -OCH3 is 1. The van der Waals surface area contributed by atoms with Crippen LogP contribution in [0.4, 0.5) is 5.00 Å². The molecule has 0 saturated carbocycles. The first-order chi connectivity index (χ1) is 10.5. The van der Waals surface area contributed by atoms with Crippen LogP contribution in [0.2, 0.25) is 0 Å². The predicted octanol–water partition coefficient (Wildman–Crippen LogP) is 3.97. The summed E-state index contributed by atoms with van der Waals surface area (Å²) in [6, 6.07) is 7.30. The molecule has 0 fully saturated rings. The van der Waals surface area contributed by atoms with Crippen LogP contribution >= 0.6 is 11.3 Å². The summed E-state index contributed by atoms with van der Waals surface area (Å²) in [5.41, 5.74) is 3.04. The molecule has 1 N–H and O–H groups in total. The summed E-state index contributed by atoms with van der Waals surface area (Å²) in [6.45, 7) is 5.89. The summed E-state index contributed by atoms with van der Waals surface area (Å²) < 4.78 is 4.85. The van der Waals surface area contributed by atoms with Crippen LogP contribution in [-0.2, 0) is 11.2 Å². The second-order valence-electron chi connectivity index (χ2n) is 5.01. The zero-order valence-electron chi connectivity index (χ0n) is 13.1. The number of hydrogen-bond acceptors (Lipinski definition) is 4. The van der Waals surface area contributed by atoms with Crippen molar-refractivity contribution < 1.29 is 14.3 Å². The molecule has 0 saturated heterocycles. The maximum absolute atomic E-state index is 12.3. The fraction of sp³-hybridized carbons (Fsp3) is 0.294. The lowest BCUT2D eigenvalue weighted by atomic mass is 10.1. The molecule has 0 aliphatic carbocycles. The number of hydrogen-bond donors (Lipinski definition) is 1. The number of esters is 1. The molecular weight excluding hydrogens is 298 g/mol. The molecule has 1 amide bonds. The highest BCUT2D eigenvalue weighted by molar-refractivity contribution is 7.16. The minimum atomic E-state index is -0.416. The van der Waals surface area contributed by atoms with Crippen molar-refractivity contribution in [1.82, 2.24) is 0 Å². The van der Waals surface area contributed by atoms with Gasteiger partial charge in [-0.3, -0.25) is 4.79 Å². The van der Waals surface area contributed by atoms with Crippen LogP contribution in [0.5, 0.6) is 0 Å². The van der Waals surface area contributed by atoms with Gasteiger partial charge >= 0.3 is 5.97 Å². The Balaban J connectivity index is 2.34. The maximum Gasteiger partial charge on any atom is 0.341 e. The molecule has 1 heterocycles. The molecular formula is C17H19NO3S. The van der Waals surface area contributed by atoms with Crippen LogP contribution < -0.4 is 5.32 Å². The highest BCUT2D eigenvalue weighted by atomic mass is 32.1. The highest BCUT2D eigenvalue weighted by Crippen LogP contribution is 2.34. The first-order valence-corrected chi connectivity index (χ1v) is 7.88. The van der Waals surface area contributed by atoms with Crippen LogP contribution in [0.25, 0.3) is 0 Å². The van der Waals surface area contributed by atoms with Crippen LogP contribution in [-0.4, -0.2) is 19.0 Å². The summed E-state index contributed by atoms with van der Waals surface area (Å²) in [5, 5.41) is 3.38. The standard InChI is InChI=1S/C17H19NO3S/c1-5-13-11(3)22-16(14(13)17(20)21-4)18-15(19)12-8-6-10(2)7-9-12/h6-9H,5H2,1-4H3,(H,18,19). The number of anilines is 1. The first-order valence-electron chi connectivity index (χ1n) is 7.06. The van der Waals surface area contributed by atoms with E-state index in [4.69, 9.17) is 4.74 Å². The van der Waals surface area contributed by atoms with Gasteiger partial charge in [-0.25, -0.2) is 4.79 Å². The van der Waals surface area contributed by atoms with Crippen molar-refractivity contribution in [2.45, 2.75) is 27.2 Å². The lowest BCUT2D eigenvalue weighted by Gasteiger charge is -2.07. The number of nitrogens with one attached hydrogen (secondary N) is 1. The van der Waals surface area contributed by atoms with E-state index in [1.807, 2.05) is 32.9 Å². The molecule has 0 radical (unpaired) electrons. The molecule has 4 nitrogen and oxygen atoms in total. The number of rotatable bonds is 4. The SMILES string of the molecule is CCc1c(C)sc(NC(=O)c2ccc(C)cc2)c1C(=O)OC. The Bertz CT molecular complexity index is 701. The molecule has 1 aromatic heterocycles. The van der Waals surface area contributed by atoms with E-state index in [1.165, 1.54) is 18.4 Å². The molecule has 0 spiro atoms. The lowest BCUT2D eigenvalue weighted by Crippen LogP contribution is -2.14. The zero-order valence-corrected chi connectivity index (χ0v) is 14.0. The Morgan fingerprint density at radius 3 is 2.36 bits per heavy atom. The van der Waals surface area contributed by atoms with Crippen molar-refractivity contribution in [3.63, 3.8) is 0 Å². The van der Waals surface area contributed by atoms with Crippen molar-refractivity contribution in [1.29, 1.82) is 0 Å². The van der Waals surface area contributed by atoms with E-state index in [1.54, 1.807) is 12.1 Å².